The van der Waals surface area contributed by atoms with E-state index in [0.717, 1.165) is 36.9 Å². The van der Waals surface area contributed by atoms with Crippen LogP contribution in [0.3, 0.4) is 0 Å². The average molecular weight is 829 g/mol. The van der Waals surface area contributed by atoms with Gasteiger partial charge in [0, 0.05) is 36.8 Å². The van der Waals surface area contributed by atoms with Crippen LogP contribution in [0.25, 0.3) is 0 Å². The smallest absolute Gasteiger partial charge is 0.475 e. The molecule has 10 rings (SSSR count). The SMILES string of the molecule is FC1(F)Oc2ccccc2SC1(F)F.c1ccc2c(c1)CCCO2.c1ccc2c(c1)CCCS2.c1ccc2c(c1)OCCS2.c1ccc2c(c1)SCCS2. The van der Waals surface area contributed by atoms with Gasteiger partial charge in [0.2, 0.25) is 0 Å². The van der Waals surface area contributed by atoms with Gasteiger partial charge in [-0.2, -0.15) is 17.6 Å². The van der Waals surface area contributed by atoms with Gasteiger partial charge in [-0.05, 0) is 103 Å². The van der Waals surface area contributed by atoms with E-state index in [1.807, 2.05) is 77.4 Å². The molecule has 5 aliphatic heterocycles. The zero-order valence-electron chi connectivity index (χ0n) is 29.4. The molecule has 0 radical (unpaired) electrons. The second-order valence-electron chi connectivity index (χ2n) is 12.1. The van der Waals surface area contributed by atoms with Gasteiger partial charge in [0.1, 0.15) is 17.2 Å². The number of aryl methyl sites for hydroxylation is 2. The molecule has 5 aromatic rings. The van der Waals surface area contributed by atoms with Crippen molar-refractivity contribution in [2.45, 2.75) is 61.5 Å². The number of halogens is 4. The summed E-state index contributed by atoms with van der Waals surface area (Å²) in [5.74, 6) is 6.82. The van der Waals surface area contributed by atoms with E-state index < -0.39 is 11.4 Å². The molecule has 54 heavy (non-hydrogen) atoms. The highest BCUT2D eigenvalue weighted by atomic mass is 32.2. The van der Waals surface area contributed by atoms with E-state index in [-0.39, 0.29) is 22.4 Å². The first kappa shape index (κ1) is 40.6. The topological polar surface area (TPSA) is 27.7 Å². The predicted octanol–water partition coefficient (Wildman–Crippen LogP) is 13.1. The molecule has 5 aliphatic rings. The van der Waals surface area contributed by atoms with Crippen LogP contribution >= 0.6 is 58.8 Å². The highest BCUT2D eigenvalue weighted by Crippen LogP contribution is 2.54. The van der Waals surface area contributed by atoms with Crippen molar-refractivity contribution < 1.29 is 31.8 Å². The minimum atomic E-state index is -4.45. The lowest BCUT2D eigenvalue weighted by Crippen LogP contribution is -2.45. The zero-order chi connectivity index (χ0) is 37.6. The van der Waals surface area contributed by atoms with Crippen molar-refractivity contribution in [3.8, 4) is 17.2 Å². The normalized spacial score (nSPS) is 17.6. The first-order valence-corrected chi connectivity index (χ1v) is 22.4. The Morgan fingerprint density at radius 1 is 0.426 bits per heavy atom. The highest BCUT2D eigenvalue weighted by molar-refractivity contribution is 8.05. The van der Waals surface area contributed by atoms with Crippen molar-refractivity contribution in [1.82, 2.24) is 0 Å². The molecule has 0 spiro atoms. The number of ether oxygens (including phenoxy) is 3. The molecule has 0 fully saturated rings. The third-order valence-corrected chi connectivity index (χ3v) is 14.0. The van der Waals surface area contributed by atoms with E-state index in [0.29, 0.717) is 0 Å². The van der Waals surface area contributed by atoms with Crippen LogP contribution in [0.1, 0.15) is 24.0 Å². The monoisotopic (exact) mass is 828 g/mol. The minimum absolute atomic E-state index is 0.0171. The molecule has 0 atom stereocenters. The van der Waals surface area contributed by atoms with Crippen LogP contribution < -0.4 is 14.2 Å². The number of benzene rings is 5. The highest BCUT2D eigenvalue weighted by Gasteiger charge is 2.63. The van der Waals surface area contributed by atoms with E-state index in [1.54, 1.807) is 5.56 Å². The molecule has 284 valence electrons. The van der Waals surface area contributed by atoms with Crippen LogP contribution in [0.2, 0.25) is 0 Å². The van der Waals surface area contributed by atoms with Gasteiger partial charge in [-0.3, -0.25) is 0 Å². The Kier molecular flexibility index (Phi) is 15.2. The van der Waals surface area contributed by atoms with E-state index in [4.69, 9.17) is 9.47 Å². The summed E-state index contributed by atoms with van der Waals surface area (Å²) in [5, 5.41) is -4.22. The Bertz CT molecular complexity index is 1610. The second kappa shape index (κ2) is 20.2. The van der Waals surface area contributed by atoms with Crippen molar-refractivity contribution in [3.63, 3.8) is 0 Å². The van der Waals surface area contributed by atoms with E-state index in [1.165, 1.54) is 85.9 Å². The fourth-order valence-electron chi connectivity index (χ4n) is 5.59. The van der Waals surface area contributed by atoms with Crippen LogP contribution in [0.5, 0.6) is 17.2 Å². The number of para-hydroxylation sites is 3. The van der Waals surface area contributed by atoms with Crippen LogP contribution in [-0.4, -0.2) is 47.6 Å². The maximum atomic E-state index is 12.7. The molecule has 0 amide bonds. The Labute approximate surface area is 336 Å². The first-order valence-electron chi connectivity index (χ1n) is 17.6. The lowest BCUT2D eigenvalue weighted by atomic mass is 10.1. The number of hydrogen-bond donors (Lipinski definition) is 0. The third kappa shape index (κ3) is 11.5. The zero-order valence-corrected chi connectivity index (χ0v) is 33.5. The maximum Gasteiger partial charge on any atom is 0.475 e. The fourth-order valence-corrected chi connectivity index (χ4v) is 10.5. The van der Waals surface area contributed by atoms with Crippen molar-refractivity contribution >= 4 is 58.8 Å². The summed E-state index contributed by atoms with van der Waals surface area (Å²) in [5.41, 5.74) is 2.90. The minimum Gasteiger partial charge on any atom is -0.493 e. The van der Waals surface area contributed by atoms with Crippen molar-refractivity contribution in [3.05, 3.63) is 132 Å². The molecular weight excluding hydrogens is 789 g/mol. The molecular formula is C42H40F4O3S5. The van der Waals surface area contributed by atoms with Gasteiger partial charge >= 0.3 is 11.4 Å². The molecule has 3 nitrogen and oxygen atoms in total. The molecule has 5 heterocycles. The van der Waals surface area contributed by atoms with Crippen LogP contribution in [0.15, 0.2) is 146 Å². The largest absolute Gasteiger partial charge is 0.493 e. The van der Waals surface area contributed by atoms with E-state index in [2.05, 4.69) is 71.5 Å². The van der Waals surface area contributed by atoms with Gasteiger partial charge in [0.05, 0.1) is 18.1 Å². The van der Waals surface area contributed by atoms with Crippen molar-refractivity contribution in [2.75, 3.05) is 36.2 Å². The Hall–Kier alpha value is -3.03. The number of fused-ring (bicyclic) bond motifs is 5. The van der Waals surface area contributed by atoms with Gasteiger partial charge in [-0.25, -0.2) is 0 Å². The lowest BCUT2D eigenvalue weighted by Gasteiger charge is -2.31. The maximum absolute atomic E-state index is 12.7. The Morgan fingerprint density at radius 2 is 0.926 bits per heavy atom. The number of thioether (sulfide) groups is 5. The quantitative estimate of drug-likeness (QED) is 0.143. The van der Waals surface area contributed by atoms with Crippen LogP contribution in [0, 0.1) is 0 Å². The van der Waals surface area contributed by atoms with Crippen molar-refractivity contribution in [2.24, 2.45) is 0 Å². The molecule has 0 aromatic heterocycles. The lowest BCUT2D eigenvalue weighted by molar-refractivity contribution is -0.273. The summed E-state index contributed by atoms with van der Waals surface area (Å²) in [4.78, 5) is 5.70. The summed E-state index contributed by atoms with van der Waals surface area (Å²) in [6.45, 7) is 1.73. The summed E-state index contributed by atoms with van der Waals surface area (Å²) in [6.07, 6.45) is 0.518. The van der Waals surface area contributed by atoms with E-state index >= 15 is 0 Å². The standard InChI is InChI=1S/C9H10O.C9H10S.C8H4F4OS.C8H8OS.C8H8S2/c2*1-2-6-9-8(4-1)5-3-7-10-9;9-7(10)8(11,12)14-6-4-2-1-3-5(6)13-7;2*1-2-4-8-7(3-1)9-5-6-10-8/h2*1-2,4,6H,3,5,7H2;1-4H;2*1-4H,5-6H2. The van der Waals surface area contributed by atoms with Gasteiger partial charge < -0.3 is 14.2 Å². The molecule has 12 heteroatoms. The average Bonchev–Trinajstić information content (AvgIpc) is 3.22. The van der Waals surface area contributed by atoms with Gasteiger partial charge in [-0.1, -0.05) is 72.8 Å². The van der Waals surface area contributed by atoms with Gasteiger partial charge in [-0.15, -0.1) is 47.0 Å². The molecule has 0 unspecified atom stereocenters. The van der Waals surface area contributed by atoms with Gasteiger partial charge in [0.15, 0.2) is 0 Å². The molecule has 0 aliphatic carbocycles. The Balaban J connectivity index is 0.000000116. The molecule has 5 aromatic carbocycles. The summed E-state index contributed by atoms with van der Waals surface area (Å²) in [7, 11) is 0. The Morgan fingerprint density at radius 3 is 1.59 bits per heavy atom. The number of rotatable bonds is 0. The summed E-state index contributed by atoms with van der Waals surface area (Å²) < 4.78 is 65.6. The van der Waals surface area contributed by atoms with Crippen LogP contribution in [0.4, 0.5) is 17.6 Å². The summed E-state index contributed by atoms with van der Waals surface area (Å²) >= 11 is 7.60. The fraction of sp³-hybridized carbons (Fsp3) is 0.286. The number of hydrogen-bond acceptors (Lipinski definition) is 8. The van der Waals surface area contributed by atoms with E-state index in [9.17, 15) is 17.6 Å². The summed E-state index contributed by atoms with van der Waals surface area (Å²) in [6, 6.07) is 39.2. The molecule has 0 saturated heterocycles. The number of alkyl halides is 4. The second-order valence-corrected chi connectivity index (χ2v) is 17.8. The van der Waals surface area contributed by atoms with Crippen molar-refractivity contribution in [1.29, 1.82) is 0 Å². The first-order chi connectivity index (χ1) is 26.3. The molecule has 0 bridgehead atoms. The third-order valence-electron chi connectivity index (χ3n) is 8.20. The molecule has 0 saturated carbocycles. The molecule has 0 N–H and O–H groups in total. The van der Waals surface area contributed by atoms with Crippen LogP contribution in [-0.2, 0) is 12.8 Å². The van der Waals surface area contributed by atoms with Gasteiger partial charge in [0.25, 0.3) is 0 Å². The predicted molar refractivity (Wildman–Crippen MR) is 219 cm³/mol.